The second-order valence-electron chi connectivity index (χ2n) is 5.81. The highest BCUT2D eigenvalue weighted by Crippen LogP contribution is 2.33. The van der Waals surface area contributed by atoms with Gasteiger partial charge in [0.25, 0.3) is 0 Å². The van der Waals surface area contributed by atoms with Crippen molar-refractivity contribution in [1.82, 2.24) is 14.8 Å². The fourth-order valence-electron chi connectivity index (χ4n) is 2.87. The number of fused-ring (bicyclic) bond motifs is 1. The van der Waals surface area contributed by atoms with Crippen LogP contribution in [-0.4, -0.2) is 20.7 Å². The predicted molar refractivity (Wildman–Crippen MR) is 95.4 cm³/mol. The topological polar surface area (TPSA) is 99.8 Å². The first kappa shape index (κ1) is 16.0. The number of carbonyl (C=O) groups excluding carboxylic acids is 1. The molecule has 0 saturated heterocycles. The van der Waals surface area contributed by atoms with E-state index in [1.54, 1.807) is 24.5 Å². The Morgan fingerprint density at radius 3 is 2.71 bits per heavy atom. The highest BCUT2D eigenvalue weighted by atomic mass is 16.1. The van der Waals surface area contributed by atoms with Gasteiger partial charge >= 0.3 is 0 Å². The third kappa shape index (κ3) is 2.82. The van der Waals surface area contributed by atoms with E-state index in [1.807, 2.05) is 16.8 Å². The molecular weight excluding hydrogens is 302 g/mol. The van der Waals surface area contributed by atoms with Crippen LogP contribution in [0, 0.1) is 0 Å². The Morgan fingerprint density at radius 1 is 1.17 bits per heavy atom. The van der Waals surface area contributed by atoms with E-state index in [2.05, 4.69) is 17.0 Å². The lowest BCUT2D eigenvalue weighted by atomic mass is 9.98. The van der Waals surface area contributed by atoms with Crippen molar-refractivity contribution >= 4 is 22.6 Å². The first-order chi connectivity index (χ1) is 11.6. The second kappa shape index (κ2) is 6.70. The summed E-state index contributed by atoms with van der Waals surface area (Å²) in [5.41, 5.74) is 15.0. The number of hydrogen-bond donors (Lipinski definition) is 2. The van der Waals surface area contributed by atoms with Gasteiger partial charge in [0.1, 0.15) is 0 Å². The molecule has 1 aromatic carbocycles. The van der Waals surface area contributed by atoms with E-state index >= 15 is 0 Å². The van der Waals surface area contributed by atoms with Crippen LogP contribution in [0.4, 0.5) is 5.69 Å². The summed E-state index contributed by atoms with van der Waals surface area (Å²) in [5, 5.41) is 5.20. The Hall–Kier alpha value is -2.89. The Bertz CT molecular complexity index is 884. The third-order valence-electron chi connectivity index (χ3n) is 4.16. The van der Waals surface area contributed by atoms with Crippen LogP contribution < -0.4 is 11.5 Å². The van der Waals surface area contributed by atoms with Gasteiger partial charge < -0.3 is 11.5 Å². The Balaban J connectivity index is 2.06. The molecule has 0 atom stereocenters. The van der Waals surface area contributed by atoms with E-state index in [9.17, 15) is 4.79 Å². The summed E-state index contributed by atoms with van der Waals surface area (Å²) in [6.07, 6.45) is 6.79. The zero-order valence-electron chi connectivity index (χ0n) is 13.7. The van der Waals surface area contributed by atoms with Crippen LogP contribution in [-0.2, 0) is 6.54 Å². The lowest BCUT2D eigenvalue weighted by molar-refractivity contribution is 0.100. The molecule has 0 fully saturated rings. The zero-order chi connectivity index (χ0) is 17.1. The van der Waals surface area contributed by atoms with E-state index in [1.165, 1.54) is 0 Å². The van der Waals surface area contributed by atoms with Crippen LogP contribution in [0.2, 0.25) is 0 Å². The second-order valence-corrected chi connectivity index (χ2v) is 5.81. The van der Waals surface area contributed by atoms with Crippen molar-refractivity contribution in [3.8, 4) is 11.1 Å². The van der Waals surface area contributed by atoms with Crippen molar-refractivity contribution in [3.05, 3.63) is 42.2 Å². The third-order valence-corrected chi connectivity index (χ3v) is 4.16. The van der Waals surface area contributed by atoms with E-state index in [0.717, 1.165) is 36.8 Å². The van der Waals surface area contributed by atoms with Crippen molar-refractivity contribution in [2.24, 2.45) is 5.73 Å². The Kier molecular flexibility index (Phi) is 4.46. The van der Waals surface area contributed by atoms with E-state index in [-0.39, 0.29) is 0 Å². The number of pyridine rings is 1. The number of primary amides is 1. The minimum Gasteiger partial charge on any atom is -0.398 e. The van der Waals surface area contributed by atoms with Crippen molar-refractivity contribution in [2.45, 2.75) is 32.7 Å². The maximum Gasteiger partial charge on any atom is 0.249 e. The number of aryl methyl sites for hydroxylation is 1. The maximum atomic E-state index is 11.7. The molecule has 2 heterocycles. The molecule has 3 rings (SSSR count). The van der Waals surface area contributed by atoms with Crippen molar-refractivity contribution < 1.29 is 4.79 Å². The molecule has 4 N–H and O–H groups in total. The van der Waals surface area contributed by atoms with E-state index in [4.69, 9.17) is 11.5 Å². The number of benzene rings is 1. The summed E-state index contributed by atoms with van der Waals surface area (Å²) < 4.78 is 1.88. The van der Waals surface area contributed by atoms with Gasteiger partial charge in [0.2, 0.25) is 5.91 Å². The van der Waals surface area contributed by atoms with Crippen LogP contribution >= 0.6 is 0 Å². The van der Waals surface area contributed by atoms with Gasteiger partial charge in [-0.2, -0.15) is 5.10 Å². The number of aromatic nitrogens is 3. The molecule has 24 heavy (non-hydrogen) atoms. The Labute approximate surface area is 140 Å². The van der Waals surface area contributed by atoms with Crippen LogP contribution in [0.15, 0.2) is 36.7 Å². The molecule has 0 aliphatic rings. The highest BCUT2D eigenvalue weighted by molar-refractivity contribution is 6.04. The van der Waals surface area contributed by atoms with Gasteiger partial charge in [0.15, 0.2) is 5.65 Å². The molecule has 124 valence electrons. The quantitative estimate of drug-likeness (QED) is 0.681. The molecule has 0 saturated carbocycles. The maximum absolute atomic E-state index is 11.7. The summed E-state index contributed by atoms with van der Waals surface area (Å²) >= 11 is 0. The van der Waals surface area contributed by atoms with Gasteiger partial charge in [-0.3, -0.25) is 4.79 Å². The largest absolute Gasteiger partial charge is 0.398 e. The lowest BCUT2D eigenvalue weighted by Crippen LogP contribution is -2.12. The highest BCUT2D eigenvalue weighted by Gasteiger charge is 2.16. The molecule has 6 nitrogen and oxygen atoms in total. The van der Waals surface area contributed by atoms with Gasteiger partial charge in [-0.1, -0.05) is 38.0 Å². The number of amides is 1. The van der Waals surface area contributed by atoms with Crippen LogP contribution in [0.5, 0.6) is 0 Å². The number of unbranched alkanes of at least 4 members (excludes halogenated alkanes) is 2. The van der Waals surface area contributed by atoms with Gasteiger partial charge in [0.05, 0.1) is 17.3 Å². The SMILES string of the molecule is CCCCCn1ncc2c(N)c(-c3ccccc3C(N)=O)cnc21. The molecule has 3 aromatic rings. The molecule has 0 unspecified atom stereocenters. The number of hydrogen-bond acceptors (Lipinski definition) is 4. The van der Waals surface area contributed by atoms with Crippen molar-refractivity contribution in [3.63, 3.8) is 0 Å². The first-order valence-corrected chi connectivity index (χ1v) is 8.12. The number of nitrogen functional groups attached to an aromatic ring is 1. The fourth-order valence-corrected chi connectivity index (χ4v) is 2.87. The van der Waals surface area contributed by atoms with Gasteiger partial charge in [-0.25, -0.2) is 9.67 Å². The predicted octanol–water partition coefficient (Wildman–Crippen LogP) is 2.97. The lowest BCUT2D eigenvalue weighted by Gasteiger charge is -2.10. The molecule has 2 aromatic heterocycles. The molecule has 0 radical (unpaired) electrons. The van der Waals surface area contributed by atoms with Crippen LogP contribution in [0.25, 0.3) is 22.2 Å². The average molecular weight is 323 g/mol. The molecule has 0 spiro atoms. The summed E-state index contributed by atoms with van der Waals surface area (Å²) in [7, 11) is 0. The van der Waals surface area contributed by atoms with Crippen molar-refractivity contribution in [2.75, 3.05) is 5.73 Å². The summed E-state index contributed by atoms with van der Waals surface area (Å²) in [6.45, 7) is 2.99. The molecule has 0 aliphatic carbocycles. The average Bonchev–Trinajstić information content (AvgIpc) is 2.99. The van der Waals surface area contributed by atoms with E-state index < -0.39 is 5.91 Å². The van der Waals surface area contributed by atoms with Gasteiger partial charge in [0, 0.05) is 23.9 Å². The fraction of sp³-hybridized carbons (Fsp3) is 0.278. The molecule has 0 bridgehead atoms. The van der Waals surface area contributed by atoms with Crippen LogP contribution in [0.1, 0.15) is 36.5 Å². The van der Waals surface area contributed by atoms with Crippen LogP contribution in [0.3, 0.4) is 0 Å². The van der Waals surface area contributed by atoms with Gasteiger partial charge in [-0.15, -0.1) is 0 Å². The zero-order valence-corrected chi connectivity index (χ0v) is 13.7. The number of nitrogens with two attached hydrogens (primary N) is 2. The molecule has 6 heteroatoms. The van der Waals surface area contributed by atoms with Gasteiger partial charge in [-0.05, 0) is 18.1 Å². The minimum absolute atomic E-state index is 0.431. The summed E-state index contributed by atoms with van der Waals surface area (Å²) in [6, 6.07) is 7.14. The number of rotatable bonds is 6. The molecule has 0 aliphatic heterocycles. The standard InChI is InChI=1S/C18H21N5O/c1-2-3-6-9-23-18-15(11-22-23)16(19)14(10-21-18)12-7-4-5-8-13(12)17(20)24/h4-5,7-8,10-11H,2-3,6,9H2,1H3,(H2,19,21)(H2,20,24). The number of nitrogens with zero attached hydrogens (tertiary/aromatic N) is 3. The molecular formula is C18H21N5O. The van der Waals surface area contributed by atoms with E-state index in [0.29, 0.717) is 22.4 Å². The minimum atomic E-state index is -0.486. The number of carbonyl (C=O) groups is 1. The normalized spacial score (nSPS) is 11.0. The smallest absolute Gasteiger partial charge is 0.249 e. The molecule has 1 amide bonds. The summed E-state index contributed by atoms with van der Waals surface area (Å²) in [5.74, 6) is -0.486. The van der Waals surface area contributed by atoms with Crippen molar-refractivity contribution in [1.29, 1.82) is 0 Å². The summed E-state index contributed by atoms with van der Waals surface area (Å²) in [4.78, 5) is 16.2. The monoisotopic (exact) mass is 323 g/mol. The Morgan fingerprint density at radius 2 is 1.96 bits per heavy atom. The number of anilines is 1. The first-order valence-electron chi connectivity index (χ1n) is 8.12.